The number of carboxylic acid groups (broad SMARTS) is 1. The molecule has 0 bridgehead atoms. The van der Waals surface area contributed by atoms with Gasteiger partial charge in [0.15, 0.2) is 5.75 Å². The molecule has 0 fully saturated rings. The standard InChI is InChI=1S/C14H11F2NO3/c1-7-4-8(15)2-3-12(7)20-13-6-10(16)9(14(18)19)5-11(13)17/h2-6H,17H2,1H3,(H,18,19). The summed E-state index contributed by atoms with van der Waals surface area (Å²) in [4.78, 5) is 10.8. The van der Waals surface area contributed by atoms with Crippen LogP contribution in [0.2, 0.25) is 0 Å². The van der Waals surface area contributed by atoms with Gasteiger partial charge in [-0.25, -0.2) is 13.6 Å². The smallest absolute Gasteiger partial charge is 0.338 e. The Morgan fingerprint density at radius 3 is 2.50 bits per heavy atom. The van der Waals surface area contributed by atoms with E-state index in [4.69, 9.17) is 15.6 Å². The number of hydrogen-bond donors (Lipinski definition) is 2. The van der Waals surface area contributed by atoms with Crippen LogP contribution in [0.4, 0.5) is 14.5 Å². The number of aromatic carboxylic acids is 1. The summed E-state index contributed by atoms with van der Waals surface area (Å²) in [6.07, 6.45) is 0. The Morgan fingerprint density at radius 1 is 1.20 bits per heavy atom. The first-order valence-corrected chi connectivity index (χ1v) is 5.65. The second-order valence-corrected chi connectivity index (χ2v) is 4.19. The van der Waals surface area contributed by atoms with Crippen molar-refractivity contribution in [2.45, 2.75) is 6.92 Å². The molecule has 0 spiro atoms. The Hall–Kier alpha value is -2.63. The van der Waals surface area contributed by atoms with E-state index in [0.29, 0.717) is 11.3 Å². The number of nitrogens with two attached hydrogens (primary N) is 1. The zero-order valence-corrected chi connectivity index (χ0v) is 10.5. The third-order valence-corrected chi connectivity index (χ3v) is 2.69. The Bertz CT molecular complexity index is 686. The zero-order valence-electron chi connectivity index (χ0n) is 10.5. The number of carboxylic acids is 1. The molecular weight excluding hydrogens is 268 g/mol. The molecule has 0 aliphatic rings. The number of ether oxygens (including phenoxy) is 1. The lowest BCUT2D eigenvalue weighted by Gasteiger charge is -2.11. The maximum atomic E-state index is 13.6. The Labute approximate surface area is 113 Å². The van der Waals surface area contributed by atoms with E-state index in [1.54, 1.807) is 6.92 Å². The first-order chi connectivity index (χ1) is 9.38. The largest absolute Gasteiger partial charge is 0.478 e. The molecule has 2 aromatic rings. The number of hydrogen-bond acceptors (Lipinski definition) is 3. The SMILES string of the molecule is Cc1cc(F)ccc1Oc1cc(F)c(C(=O)O)cc1N. The summed E-state index contributed by atoms with van der Waals surface area (Å²) in [6, 6.07) is 5.70. The van der Waals surface area contributed by atoms with E-state index in [-0.39, 0.29) is 11.4 Å². The molecule has 0 radical (unpaired) electrons. The van der Waals surface area contributed by atoms with Gasteiger partial charge in [-0.1, -0.05) is 0 Å². The van der Waals surface area contributed by atoms with Gasteiger partial charge in [0, 0.05) is 6.07 Å². The number of carbonyl (C=O) groups is 1. The van der Waals surface area contributed by atoms with Gasteiger partial charge in [-0.3, -0.25) is 0 Å². The van der Waals surface area contributed by atoms with Crippen molar-refractivity contribution in [2.24, 2.45) is 0 Å². The minimum absolute atomic E-state index is 0.0208. The molecule has 2 rings (SSSR count). The molecule has 0 atom stereocenters. The molecule has 0 saturated carbocycles. The van der Waals surface area contributed by atoms with Crippen LogP contribution in [-0.4, -0.2) is 11.1 Å². The van der Waals surface area contributed by atoms with Crippen molar-refractivity contribution in [3.8, 4) is 11.5 Å². The molecule has 0 aliphatic carbocycles. The average molecular weight is 279 g/mol. The molecule has 0 aromatic heterocycles. The maximum absolute atomic E-state index is 13.6. The van der Waals surface area contributed by atoms with Crippen LogP contribution in [0.5, 0.6) is 11.5 Å². The third-order valence-electron chi connectivity index (χ3n) is 2.69. The molecule has 2 aromatic carbocycles. The van der Waals surface area contributed by atoms with Gasteiger partial charge in [0.1, 0.15) is 17.4 Å². The molecule has 6 heteroatoms. The van der Waals surface area contributed by atoms with Crippen molar-refractivity contribution < 1.29 is 23.4 Å². The van der Waals surface area contributed by atoms with Gasteiger partial charge in [0.25, 0.3) is 0 Å². The average Bonchev–Trinajstić information content (AvgIpc) is 2.36. The Morgan fingerprint density at radius 2 is 1.90 bits per heavy atom. The first kappa shape index (κ1) is 13.8. The number of anilines is 1. The summed E-state index contributed by atoms with van der Waals surface area (Å²) in [7, 11) is 0. The van der Waals surface area contributed by atoms with Crippen LogP contribution < -0.4 is 10.5 Å². The molecule has 20 heavy (non-hydrogen) atoms. The maximum Gasteiger partial charge on any atom is 0.338 e. The fraction of sp³-hybridized carbons (Fsp3) is 0.0714. The summed E-state index contributed by atoms with van der Waals surface area (Å²) < 4.78 is 31.9. The van der Waals surface area contributed by atoms with Gasteiger partial charge in [-0.2, -0.15) is 0 Å². The van der Waals surface area contributed by atoms with Crippen LogP contribution in [0.1, 0.15) is 15.9 Å². The highest BCUT2D eigenvalue weighted by atomic mass is 19.1. The summed E-state index contributed by atoms with van der Waals surface area (Å²) in [5.74, 6) is -2.52. The van der Waals surface area contributed by atoms with Crippen LogP contribution in [0.3, 0.4) is 0 Å². The van der Waals surface area contributed by atoms with E-state index < -0.39 is 23.2 Å². The second-order valence-electron chi connectivity index (χ2n) is 4.19. The van der Waals surface area contributed by atoms with Crippen molar-refractivity contribution in [1.82, 2.24) is 0 Å². The lowest BCUT2D eigenvalue weighted by molar-refractivity contribution is 0.0692. The lowest BCUT2D eigenvalue weighted by Crippen LogP contribution is -2.03. The van der Waals surface area contributed by atoms with E-state index in [1.807, 2.05) is 0 Å². The number of aryl methyl sites for hydroxylation is 1. The van der Waals surface area contributed by atoms with Gasteiger partial charge in [0.05, 0.1) is 11.3 Å². The Balaban J connectivity index is 2.39. The highest BCUT2D eigenvalue weighted by Gasteiger charge is 2.15. The van der Waals surface area contributed by atoms with E-state index >= 15 is 0 Å². The first-order valence-electron chi connectivity index (χ1n) is 5.65. The Kier molecular flexibility index (Phi) is 3.56. The van der Waals surface area contributed by atoms with Crippen LogP contribution in [0, 0.1) is 18.6 Å². The van der Waals surface area contributed by atoms with Gasteiger partial charge in [-0.05, 0) is 36.8 Å². The van der Waals surface area contributed by atoms with Gasteiger partial charge in [-0.15, -0.1) is 0 Å². The molecule has 4 nitrogen and oxygen atoms in total. The normalized spacial score (nSPS) is 10.3. The number of benzene rings is 2. The van der Waals surface area contributed by atoms with Crippen molar-refractivity contribution in [1.29, 1.82) is 0 Å². The highest BCUT2D eigenvalue weighted by molar-refractivity contribution is 5.89. The molecule has 0 saturated heterocycles. The van der Waals surface area contributed by atoms with Crippen LogP contribution in [-0.2, 0) is 0 Å². The molecule has 0 aliphatic heterocycles. The van der Waals surface area contributed by atoms with E-state index in [2.05, 4.69) is 0 Å². The summed E-state index contributed by atoms with van der Waals surface area (Å²) in [5, 5.41) is 8.77. The van der Waals surface area contributed by atoms with E-state index in [9.17, 15) is 13.6 Å². The highest BCUT2D eigenvalue weighted by Crippen LogP contribution is 2.31. The molecule has 3 N–H and O–H groups in total. The molecule has 0 heterocycles. The third kappa shape index (κ3) is 2.69. The fourth-order valence-electron chi connectivity index (χ4n) is 1.67. The number of halogens is 2. The second kappa shape index (κ2) is 5.16. The van der Waals surface area contributed by atoms with E-state index in [0.717, 1.165) is 12.1 Å². The van der Waals surface area contributed by atoms with Crippen molar-refractivity contribution >= 4 is 11.7 Å². The van der Waals surface area contributed by atoms with Gasteiger partial charge >= 0.3 is 5.97 Å². The monoisotopic (exact) mass is 279 g/mol. The predicted octanol–water partition coefficient (Wildman–Crippen LogP) is 3.35. The minimum Gasteiger partial charge on any atom is -0.478 e. The molecule has 0 amide bonds. The summed E-state index contributed by atoms with van der Waals surface area (Å²) in [5.41, 5.74) is 5.58. The lowest BCUT2D eigenvalue weighted by atomic mass is 10.1. The number of nitrogen functional groups attached to an aromatic ring is 1. The number of rotatable bonds is 3. The quantitative estimate of drug-likeness (QED) is 0.845. The summed E-state index contributed by atoms with van der Waals surface area (Å²) >= 11 is 0. The van der Waals surface area contributed by atoms with Crippen molar-refractivity contribution in [3.63, 3.8) is 0 Å². The van der Waals surface area contributed by atoms with Crippen molar-refractivity contribution in [3.05, 3.63) is 53.1 Å². The van der Waals surface area contributed by atoms with Gasteiger partial charge < -0.3 is 15.6 Å². The van der Waals surface area contributed by atoms with Gasteiger partial charge in [0.2, 0.25) is 0 Å². The van der Waals surface area contributed by atoms with Crippen LogP contribution in [0.15, 0.2) is 30.3 Å². The molecule has 104 valence electrons. The molecule has 0 unspecified atom stereocenters. The van der Waals surface area contributed by atoms with Crippen LogP contribution >= 0.6 is 0 Å². The van der Waals surface area contributed by atoms with Crippen molar-refractivity contribution in [2.75, 3.05) is 5.73 Å². The molecular formula is C14H11F2NO3. The topological polar surface area (TPSA) is 72.5 Å². The summed E-state index contributed by atoms with van der Waals surface area (Å²) in [6.45, 7) is 1.62. The van der Waals surface area contributed by atoms with E-state index in [1.165, 1.54) is 18.2 Å². The fourth-order valence-corrected chi connectivity index (χ4v) is 1.67. The van der Waals surface area contributed by atoms with Crippen LogP contribution in [0.25, 0.3) is 0 Å². The predicted molar refractivity (Wildman–Crippen MR) is 69.0 cm³/mol. The zero-order chi connectivity index (χ0) is 14.9. The minimum atomic E-state index is -1.42.